The lowest BCUT2D eigenvalue weighted by Crippen LogP contribution is -2.32. The highest BCUT2D eigenvalue weighted by Gasteiger charge is 2.38. The van der Waals surface area contributed by atoms with Gasteiger partial charge in [-0.15, -0.1) is 0 Å². The van der Waals surface area contributed by atoms with E-state index in [-0.39, 0.29) is 12.0 Å². The first-order valence-electron chi connectivity index (χ1n) is 7.91. The molecule has 3 atom stereocenters. The van der Waals surface area contributed by atoms with Gasteiger partial charge in [-0.2, -0.15) is 0 Å². The fourth-order valence-corrected chi connectivity index (χ4v) is 4.08. The van der Waals surface area contributed by atoms with Crippen LogP contribution in [0.15, 0.2) is 0 Å². The van der Waals surface area contributed by atoms with Crippen molar-refractivity contribution >= 4 is 12.0 Å². The van der Waals surface area contributed by atoms with Crippen molar-refractivity contribution in [2.75, 3.05) is 26.2 Å². The lowest BCUT2D eigenvalue weighted by molar-refractivity contribution is -0.121. The number of carbonyl (C=O) groups is 2. The van der Waals surface area contributed by atoms with E-state index < -0.39 is 0 Å². The molecule has 2 saturated carbocycles. The summed E-state index contributed by atoms with van der Waals surface area (Å²) in [5.41, 5.74) is 0. The molecule has 2 bridgehead atoms. The van der Waals surface area contributed by atoms with Crippen molar-refractivity contribution in [2.24, 2.45) is 17.8 Å². The molecule has 3 fully saturated rings. The Labute approximate surface area is 120 Å². The number of carbonyl (C=O) groups excluding carboxylic acids is 2. The van der Waals surface area contributed by atoms with Crippen LogP contribution >= 0.6 is 0 Å². The van der Waals surface area contributed by atoms with Crippen LogP contribution in [0.4, 0.5) is 4.79 Å². The zero-order chi connectivity index (χ0) is 13.9. The summed E-state index contributed by atoms with van der Waals surface area (Å²) in [4.78, 5) is 24.6. The Balaban J connectivity index is 1.28. The number of hydrogen-bond donors (Lipinski definition) is 1. The smallest absolute Gasteiger partial charge is 0.409 e. The summed E-state index contributed by atoms with van der Waals surface area (Å²) in [7, 11) is 0. The number of ether oxygens (including phenoxy) is 1. The van der Waals surface area contributed by atoms with Crippen molar-refractivity contribution in [3.63, 3.8) is 0 Å². The molecule has 0 aromatic rings. The first-order chi connectivity index (χ1) is 9.72. The second kappa shape index (κ2) is 6.02. The number of amides is 2. The van der Waals surface area contributed by atoms with Gasteiger partial charge in [0.15, 0.2) is 0 Å². The van der Waals surface area contributed by atoms with Gasteiger partial charge in [-0.25, -0.2) is 4.79 Å². The fraction of sp³-hybridized carbons (Fsp3) is 0.867. The van der Waals surface area contributed by atoms with E-state index >= 15 is 0 Å². The molecule has 1 saturated heterocycles. The molecular formula is C15H24N2O3. The molecular weight excluding hydrogens is 256 g/mol. The van der Waals surface area contributed by atoms with E-state index in [1.54, 1.807) is 4.90 Å². The predicted octanol–water partition coefficient (Wildman–Crippen LogP) is 1.77. The summed E-state index contributed by atoms with van der Waals surface area (Å²) >= 11 is 0. The summed E-state index contributed by atoms with van der Waals surface area (Å²) in [5.74, 6) is 2.79. The maximum absolute atomic E-state index is 11.8. The Morgan fingerprint density at radius 2 is 2.25 bits per heavy atom. The molecule has 5 heteroatoms. The molecule has 2 amide bonds. The van der Waals surface area contributed by atoms with E-state index in [9.17, 15) is 9.59 Å². The molecule has 1 heterocycles. The molecule has 0 aromatic heterocycles. The lowest BCUT2D eigenvalue weighted by atomic mass is 9.86. The van der Waals surface area contributed by atoms with Gasteiger partial charge in [-0.3, -0.25) is 4.79 Å². The summed E-state index contributed by atoms with van der Waals surface area (Å²) in [6.45, 7) is 2.32. The van der Waals surface area contributed by atoms with E-state index in [2.05, 4.69) is 5.32 Å². The number of hydrogen-bond acceptors (Lipinski definition) is 3. The lowest BCUT2D eigenvalue weighted by Gasteiger charge is -2.21. The Morgan fingerprint density at radius 1 is 1.35 bits per heavy atom. The first-order valence-corrected chi connectivity index (χ1v) is 7.91. The highest BCUT2D eigenvalue weighted by atomic mass is 16.6. The minimum absolute atomic E-state index is 0.0489. The first kappa shape index (κ1) is 13.7. The number of fused-ring (bicyclic) bond motifs is 2. The van der Waals surface area contributed by atoms with Gasteiger partial charge >= 0.3 is 6.09 Å². The highest BCUT2D eigenvalue weighted by molar-refractivity contribution is 5.77. The molecule has 0 radical (unpaired) electrons. The Morgan fingerprint density at radius 3 is 2.90 bits per heavy atom. The maximum Gasteiger partial charge on any atom is 0.409 e. The average Bonchev–Trinajstić information content (AvgIpc) is 3.13. The van der Waals surface area contributed by atoms with Crippen molar-refractivity contribution in [1.29, 1.82) is 0 Å². The van der Waals surface area contributed by atoms with Gasteiger partial charge in [-0.1, -0.05) is 6.42 Å². The largest absolute Gasteiger partial charge is 0.448 e. The van der Waals surface area contributed by atoms with Gasteiger partial charge in [0.2, 0.25) is 5.91 Å². The topological polar surface area (TPSA) is 58.6 Å². The van der Waals surface area contributed by atoms with Crippen molar-refractivity contribution in [3.05, 3.63) is 0 Å². The van der Waals surface area contributed by atoms with E-state index in [0.29, 0.717) is 26.1 Å². The molecule has 3 aliphatic rings. The molecule has 1 aliphatic heterocycles. The molecule has 2 aliphatic carbocycles. The quantitative estimate of drug-likeness (QED) is 0.806. The van der Waals surface area contributed by atoms with Crippen LogP contribution in [0.5, 0.6) is 0 Å². The number of cyclic esters (lactones) is 1. The molecule has 0 unspecified atom stereocenters. The second-order valence-corrected chi connectivity index (χ2v) is 6.42. The summed E-state index contributed by atoms with van der Waals surface area (Å²) in [6.07, 6.45) is 6.85. The number of nitrogens with zero attached hydrogens (tertiary/aromatic N) is 1. The fourth-order valence-electron chi connectivity index (χ4n) is 4.08. The molecule has 20 heavy (non-hydrogen) atoms. The average molecular weight is 280 g/mol. The summed E-state index contributed by atoms with van der Waals surface area (Å²) in [5, 5.41) is 2.99. The van der Waals surface area contributed by atoms with Crippen LogP contribution in [0.2, 0.25) is 0 Å². The van der Waals surface area contributed by atoms with Crippen LogP contribution in [0.3, 0.4) is 0 Å². The third-order valence-corrected chi connectivity index (χ3v) is 5.18. The maximum atomic E-state index is 11.8. The second-order valence-electron chi connectivity index (χ2n) is 6.42. The summed E-state index contributed by atoms with van der Waals surface area (Å²) < 4.78 is 4.83. The SMILES string of the molecule is O=C(CCN1CCOC1=O)NCC[C@H]1C[C@H]2CC[C@H]1C2. The molecule has 5 nitrogen and oxygen atoms in total. The van der Waals surface area contributed by atoms with Gasteiger partial charge in [0.1, 0.15) is 6.61 Å². The van der Waals surface area contributed by atoms with Crippen molar-refractivity contribution < 1.29 is 14.3 Å². The monoisotopic (exact) mass is 280 g/mol. The van der Waals surface area contributed by atoms with E-state index in [1.807, 2.05) is 0 Å². The summed E-state index contributed by atoms with van der Waals surface area (Å²) in [6, 6.07) is 0. The molecule has 3 rings (SSSR count). The number of rotatable bonds is 6. The predicted molar refractivity (Wildman–Crippen MR) is 74.1 cm³/mol. The standard InChI is InChI=1S/C15H24N2O3/c18-14(4-6-17-7-8-20-15(17)19)16-5-3-13-10-11-1-2-12(13)9-11/h11-13H,1-10H2,(H,16,18)/t11-,12-,13-/m0/s1. The van der Waals surface area contributed by atoms with Crippen LogP contribution in [0.1, 0.15) is 38.5 Å². The van der Waals surface area contributed by atoms with Crippen LogP contribution in [0, 0.1) is 17.8 Å². The molecule has 0 aromatic carbocycles. The van der Waals surface area contributed by atoms with Crippen LogP contribution in [0.25, 0.3) is 0 Å². The third-order valence-electron chi connectivity index (χ3n) is 5.18. The van der Waals surface area contributed by atoms with Gasteiger partial charge < -0.3 is 15.0 Å². The van der Waals surface area contributed by atoms with Crippen LogP contribution < -0.4 is 5.32 Å². The van der Waals surface area contributed by atoms with Crippen LogP contribution in [-0.4, -0.2) is 43.1 Å². The number of nitrogens with one attached hydrogen (secondary N) is 1. The highest BCUT2D eigenvalue weighted by Crippen LogP contribution is 2.49. The van der Waals surface area contributed by atoms with E-state index in [0.717, 1.165) is 30.7 Å². The van der Waals surface area contributed by atoms with E-state index in [1.165, 1.54) is 25.7 Å². The minimum Gasteiger partial charge on any atom is -0.448 e. The molecule has 1 N–H and O–H groups in total. The van der Waals surface area contributed by atoms with Crippen molar-refractivity contribution in [2.45, 2.75) is 38.5 Å². The molecule has 112 valence electrons. The van der Waals surface area contributed by atoms with Gasteiger partial charge in [0, 0.05) is 19.5 Å². The van der Waals surface area contributed by atoms with Gasteiger partial charge in [-0.05, 0) is 43.4 Å². The minimum atomic E-state index is -0.292. The van der Waals surface area contributed by atoms with Crippen LogP contribution in [-0.2, 0) is 9.53 Å². The van der Waals surface area contributed by atoms with E-state index in [4.69, 9.17) is 4.74 Å². The normalized spacial score (nSPS) is 31.7. The Bertz CT molecular complexity index is 385. The van der Waals surface area contributed by atoms with Crippen molar-refractivity contribution in [3.8, 4) is 0 Å². The van der Waals surface area contributed by atoms with Gasteiger partial charge in [0.25, 0.3) is 0 Å². The Hall–Kier alpha value is -1.26. The van der Waals surface area contributed by atoms with Gasteiger partial charge in [0.05, 0.1) is 6.54 Å². The zero-order valence-electron chi connectivity index (χ0n) is 12.0. The van der Waals surface area contributed by atoms with Crippen molar-refractivity contribution in [1.82, 2.24) is 10.2 Å². The third kappa shape index (κ3) is 3.07. The zero-order valence-corrected chi connectivity index (χ0v) is 12.0. The Kier molecular flexibility index (Phi) is 4.13. The molecule has 0 spiro atoms.